The molecule has 0 N–H and O–H groups in total. The number of hydrogen-bond acceptors (Lipinski definition) is 5. The van der Waals surface area contributed by atoms with E-state index >= 15 is 0 Å². The molecule has 0 atom stereocenters. The molecule has 4 rings (SSSR count). The maximum atomic E-state index is 12.9. The zero-order valence-electron chi connectivity index (χ0n) is 16.9. The van der Waals surface area contributed by atoms with Crippen LogP contribution in [0, 0.1) is 0 Å². The topological polar surface area (TPSA) is 55.8 Å². The SMILES string of the molecule is COc1ccccc1N1C(=O)S/C(=C\c2ccc(OCc3ccc(Br)cc3)c(Cl)c2)C1=O. The number of methoxy groups -OCH3 is 1. The zero-order chi connectivity index (χ0) is 22.7. The molecule has 3 aromatic rings. The molecule has 0 radical (unpaired) electrons. The Morgan fingerprint density at radius 3 is 2.50 bits per heavy atom. The van der Waals surface area contributed by atoms with Crippen molar-refractivity contribution >= 4 is 62.2 Å². The fraction of sp³-hybridized carbons (Fsp3) is 0.0833. The first kappa shape index (κ1) is 22.5. The number of carbonyl (C=O) groups excluding carboxylic acids is 2. The third-order valence-corrected chi connectivity index (χ3v) is 6.37. The second-order valence-electron chi connectivity index (χ2n) is 6.79. The van der Waals surface area contributed by atoms with Crippen LogP contribution < -0.4 is 14.4 Å². The molecule has 0 spiro atoms. The van der Waals surface area contributed by atoms with Gasteiger partial charge in [0.1, 0.15) is 18.1 Å². The Labute approximate surface area is 203 Å². The molecule has 5 nitrogen and oxygen atoms in total. The maximum absolute atomic E-state index is 12.9. The van der Waals surface area contributed by atoms with Gasteiger partial charge in [-0.25, -0.2) is 4.90 Å². The van der Waals surface area contributed by atoms with Crippen LogP contribution in [0.25, 0.3) is 6.08 Å². The minimum absolute atomic E-state index is 0.306. The van der Waals surface area contributed by atoms with Crippen molar-refractivity contribution in [3.8, 4) is 11.5 Å². The zero-order valence-corrected chi connectivity index (χ0v) is 20.0. The van der Waals surface area contributed by atoms with E-state index in [2.05, 4.69) is 15.9 Å². The summed E-state index contributed by atoms with van der Waals surface area (Å²) in [7, 11) is 1.50. The summed E-state index contributed by atoms with van der Waals surface area (Å²) in [6.45, 7) is 0.379. The van der Waals surface area contributed by atoms with E-state index in [1.54, 1.807) is 48.5 Å². The average Bonchev–Trinajstić information content (AvgIpc) is 3.07. The lowest BCUT2D eigenvalue weighted by Gasteiger charge is -2.15. The van der Waals surface area contributed by atoms with Crippen LogP contribution in [-0.4, -0.2) is 18.3 Å². The Balaban J connectivity index is 1.51. The van der Waals surface area contributed by atoms with Crippen molar-refractivity contribution in [1.82, 2.24) is 0 Å². The van der Waals surface area contributed by atoms with E-state index in [1.807, 2.05) is 24.3 Å². The van der Waals surface area contributed by atoms with Gasteiger partial charge in [0, 0.05) is 4.47 Å². The summed E-state index contributed by atoms with van der Waals surface area (Å²) in [5.74, 6) is 0.580. The quantitative estimate of drug-likeness (QED) is 0.323. The lowest BCUT2D eigenvalue weighted by atomic mass is 10.2. The fourth-order valence-electron chi connectivity index (χ4n) is 3.11. The number of thioether (sulfide) groups is 1. The minimum atomic E-state index is -0.406. The van der Waals surface area contributed by atoms with Crippen molar-refractivity contribution in [2.75, 3.05) is 12.0 Å². The molecule has 0 unspecified atom stereocenters. The second-order valence-corrected chi connectivity index (χ2v) is 9.11. The largest absolute Gasteiger partial charge is 0.495 e. The van der Waals surface area contributed by atoms with Gasteiger partial charge in [-0.15, -0.1) is 0 Å². The molecule has 0 bridgehead atoms. The first-order chi connectivity index (χ1) is 15.5. The number of benzene rings is 3. The third-order valence-electron chi connectivity index (χ3n) is 4.68. The number of halogens is 2. The Kier molecular flexibility index (Phi) is 6.89. The summed E-state index contributed by atoms with van der Waals surface area (Å²) in [6.07, 6.45) is 1.64. The van der Waals surface area contributed by atoms with E-state index in [-0.39, 0.29) is 5.24 Å². The van der Waals surface area contributed by atoms with Crippen LogP contribution in [0.5, 0.6) is 11.5 Å². The molecule has 32 heavy (non-hydrogen) atoms. The van der Waals surface area contributed by atoms with Gasteiger partial charge >= 0.3 is 0 Å². The van der Waals surface area contributed by atoms with Crippen LogP contribution in [0.4, 0.5) is 10.5 Å². The number of rotatable bonds is 6. The molecular weight excluding hydrogens is 514 g/mol. The Morgan fingerprint density at radius 1 is 1.03 bits per heavy atom. The normalized spacial score (nSPS) is 14.8. The number of hydrogen-bond donors (Lipinski definition) is 0. The highest BCUT2D eigenvalue weighted by Crippen LogP contribution is 2.40. The fourth-order valence-corrected chi connectivity index (χ4v) is 4.45. The smallest absolute Gasteiger partial charge is 0.298 e. The number of imide groups is 1. The standard InChI is InChI=1S/C24H17BrClNO4S/c1-30-21-5-3-2-4-19(21)27-23(28)22(32-24(27)29)13-16-8-11-20(18(26)12-16)31-14-15-6-9-17(25)10-7-15/h2-13H,14H2,1H3/b22-13-. The van der Waals surface area contributed by atoms with Crippen LogP contribution in [0.1, 0.15) is 11.1 Å². The number of anilines is 1. The van der Waals surface area contributed by atoms with Crippen molar-refractivity contribution in [1.29, 1.82) is 0 Å². The van der Waals surface area contributed by atoms with Gasteiger partial charge in [-0.1, -0.05) is 57.9 Å². The summed E-state index contributed by atoms with van der Waals surface area (Å²) in [5, 5.41) is 0.0334. The van der Waals surface area contributed by atoms with Gasteiger partial charge in [-0.2, -0.15) is 0 Å². The summed E-state index contributed by atoms with van der Waals surface area (Å²) in [4.78, 5) is 26.9. The predicted octanol–water partition coefficient (Wildman–Crippen LogP) is 6.93. The monoisotopic (exact) mass is 529 g/mol. The van der Waals surface area contributed by atoms with Gasteiger partial charge in [0.25, 0.3) is 11.1 Å². The molecule has 3 aromatic carbocycles. The minimum Gasteiger partial charge on any atom is -0.495 e. The number of amides is 2. The lowest BCUT2D eigenvalue weighted by molar-refractivity contribution is -0.113. The molecule has 1 heterocycles. The Hall–Kier alpha value is -2.74. The molecule has 0 aromatic heterocycles. The highest BCUT2D eigenvalue weighted by molar-refractivity contribution is 9.10. The van der Waals surface area contributed by atoms with Gasteiger partial charge in [-0.05, 0) is 65.4 Å². The van der Waals surface area contributed by atoms with Crippen molar-refractivity contribution in [3.63, 3.8) is 0 Å². The molecule has 1 saturated heterocycles. The molecule has 8 heteroatoms. The first-order valence-electron chi connectivity index (χ1n) is 9.54. The van der Waals surface area contributed by atoms with E-state index in [0.29, 0.717) is 39.3 Å². The van der Waals surface area contributed by atoms with Crippen LogP contribution in [0.3, 0.4) is 0 Å². The van der Waals surface area contributed by atoms with Gasteiger partial charge in [0.05, 0.1) is 22.7 Å². The second kappa shape index (κ2) is 9.81. The van der Waals surface area contributed by atoms with Crippen LogP contribution in [0.2, 0.25) is 5.02 Å². The van der Waals surface area contributed by atoms with Crippen molar-refractivity contribution in [2.24, 2.45) is 0 Å². The summed E-state index contributed by atoms with van der Waals surface area (Å²) in [5.41, 5.74) is 2.12. The Morgan fingerprint density at radius 2 is 1.78 bits per heavy atom. The Bertz CT molecular complexity index is 1210. The number of para-hydroxylation sites is 2. The van der Waals surface area contributed by atoms with Crippen LogP contribution in [0.15, 0.2) is 76.1 Å². The van der Waals surface area contributed by atoms with E-state index in [9.17, 15) is 9.59 Å². The van der Waals surface area contributed by atoms with E-state index in [0.717, 1.165) is 26.7 Å². The summed E-state index contributed by atoms with van der Waals surface area (Å²) in [6, 6.07) is 20.0. The molecule has 0 aliphatic carbocycles. The van der Waals surface area contributed by atoms with Crippen molar-refractivity contribution < 1.29 is 19.1 Å². The van der Waals surface area contributed by atoms with Crippen molar-refractivity contribution in [3.05, 3.63) is 92.3 Å². The molecule has 162 valence electrons. The molecule has 0 saturated carbocycles. The van der Waals surface area contributed by atoms with Crippen LogP contribution >= 0.6 is 39.3 Å². The first-order valence-corrected chi connectivity index (χ1v) is 11.5. The summed E-state index contributed by atoms with van der Waals surface area (Å²) < 4.78 is 12.1. The van der Waals surface area contributed by atoms with Gasteiger partial charge < -0.3 is 9.47 Å². The average molecular weight is 531 g/mol. The van der Waals surface area contributed by atoms with Gasteiger partial charge in [0.15, 0.2) is 0 Å². The van der Waals surface area contributed by atoms with E-state index < -0.39 is 5.91 Å². The lowest BCUT2D eigenvalue weighted by Crippen LogP contribution is -2.28. The highest BCUT2D eigenvalue weighted by atomic mass is 79.9. The van der Waals surface area contributed by atoms with E-state index in [4.69, 9.17) is 21.1 Å². The van der Waals surface area contributed by atoms with Crippen LogP contribution in [-0.2, 0) is 11.4 Å². The van der Waals surface area contributed by atoms with Crippen molar-refractivity contribution in [2.45, 2.75) is 6.61 Å². The molecule has 1 fully saturated rings. The molecule has 1 aliphatic heterocycles. The molecule has 1 aliphatic rings. The predicted molar refractivity (Wildman–Crippen MR) is 131 cm³/mol. The number of ether oxygens (including phenoxy) is 2. The molecule has 2 amide bonds. The third kappa shape index (κ3) is 4.85. The summed E-state index contributed by atoms with van der Waals surface area (Å²) >= 11 is 10.7. The number of carbonyl (C=O) groups is 2. The van der Waals surface area contributed by atoms with Gasteiger partial charge in [0.2, 0.25) is 0 Å². The van der Waals surface area contributed by atoms with Gasteiger partial charge in [-0.3, -0.25) is 9.59 Å². The maximum Gasteiger partial charge on any atom is 0.298 e. The highest BCUT2D eigenvalue weighted by Gasteiger charge is 2.37. The molecular formula is C24H17BrClNO4S. The van der Waals surface area contributed by atoms with E-state index in [1.165, 1.54) is 7.11 Å². The number of nitrogens with zero attached hydrogens (tertiary/aromatic N) is 1.